The van der Waals surface area contributed by atoms with Crippen LogP contribution in [0.15, 0.2) is 18.2 Å². The highest BCUT2D eigenvalue weighted by atomic mass is 19.1. The van der Waals surface area contributed by atoms with Gasteiger partial charge in [-0.3, -0.25) is 4.90 Å². The molecule has 1 heterocycles. The molecule has 2 rings (SSSR count). The van der Waals surface area contributed by atoms with Crippen LogP contribution in [0.2, 0.25) is 0 Å². The molecule has 1 aliphatic heterocycles. The minimum atomic E-state index is -0.149. The molecule has 94 valence electrons. The molecule has 1 aromatic rings. The van der Waals surface area contributed by atoms with E-state index in [9.17, 15) is 4.39 Å². The van der Waals surface area contributed by atoms with Gasteiger partial charge in [-0.1, -0.05) is 13.0 Å². The SMILES string of the molecule is CCN1CCC(CN)C1c1cc(F)ccc1C. The van der Waals surface area contributed by atoms with Crippen molar-refractivity contribution in [3.8, 4) is 0 Å². The van der Waals surface area contributed by atoms with Crippen molar-refractivity contribution in [2.24, 2.45) is 11.7 Å². The van der Waals surface area contributed by atoms with Gasteiger partial charge in [0, 0.05) is 6.04 Å². The predicted octanol–water partition coefficient (Wildman–Crippen LogP) is 2.48. The molecule has 2 atom stereocenters. The maximum absolute atomic E-state index is 13.4. The molecular formula is C14H21FN2. The summed E-state index contributed by atoms with van der Waals surface area (Å²) >= 11 is 0. The summed E-state index contributed by atoms with van der Waals surface area (Å²) in [5.74, 6) is 0.305. The van der Waals surface area contributed by atoms with Gasteiger partial charge in [0.25, 0.3) is 0 Å². The molecule has 17 heavy (non-hydrogen) atoms. The van der Waals surface area contributed by atoms with Crippen LogP contribution >= 0.6 is 0 Å². The van der Waals surface area contributed by atoms with Crippen molar-refractivity contribution >= 4 is 0 Å². The Morgan fingerprint density at radius 3 is 2.88 bits per heavy atom. The Morgan fingerprint density at radius 2 is 2.24 bits per heavy atom. The van der Waals surface area contributed by atoms with E-state index >= 15 is 0 Å². The molecule has 2 unspecified atom stereocenters. The van der Waals surface area contributed by atoms with Crippen molar-refractivity contribution in [1.82, 2.24) is 4.90 Å². The zero-order valence-electron chi connectivity index (χ0n) is 10.6. The van der Waals surface area contributed by atoms with Gasteiger partial charge in [-0.25, -0.2) is 4.39 Å². The van der Waals surface area contributed by atoms with Gasteiger partial charge in [0.2, 0.25) is 0 Å². The van der Waals surface area contributed by atoms with E-state index in [4.69, 9.17) is 5.73 Å². The lowest BCUT2D eigenvalue weighted by Gasteiger charge is -2.28. The topological polar surface area (TPSA) is 29.3 Å². The number of likely N-dealkylation sites (tertiary alicyclic amines) is 1. The first-order chi connectivity index (χ1) is 8.17. The highest BCUT2D eigenvalue weighted by Crippen LogP contribution is 2.37. The maximum atomic E-state index is 13.4. The monoisotopic (exact) mass is 236 g/mol. The fourth-order valence-electron chi connectivity index (χ4n) is 2.91. The van der Waals surface area contributed by atoms with Crippen molar-refractivity contribution in [2.75, 3.05) is 19.6 Å². The molecule has 0 aliphatic carbocycles. The van der Waals surface area contributed by atoms with Crippen LogP contribution in [0.3, 0.4) is 0 Å². The number of nitrogens with two attached hydrogens (primary N) is 1. The summed E-state index contributed by atoms with van der Waals surface area (Å²) in [5.41, 5.74) is 8.12. The average molecular weight is 236 g/mol. The highest BCUT2D eigenvalue weighted by molar-refractivity contribution is 5.31. The van der Waals surface area contributed by atoms with Crippen molar-refractivity contribution < 1.29 is 4.39 Å². The molecule has 2 N–H and O–H groups in total. The van der Waals surface area contributed by atoms with Gasteiger partial charge in [0.15, 0.2) is 0 Å². The first kappa shape index (κ1) is 12.5. The fourth-order valence-corrected chi connectivity index (χ4v) is 2.91. The van der Waals surface area contributed by atoms with E-state index in [1.54, 1.807) is 6.07 Å². The van der Waals surface area contributed by atoms with Crippen LogP contribution in [0, 0.1) is 18.7 Å². The lowest BCUT2D eigenvalue weighted by atomic mass is 9.91. The molecule has 0 bridgehead atoms. The minimum absolute atomic E-state index is 0.149. The number of halogens is 1. The Labute approximate surface area is 103 Å². The van der Waals surface area contributed by atoms with Gasteiger partial charge in [0.1, 0.15) is 5.82 Å². The van der Waals surface area contributed by atoms with E-state index in [0.29, 0.717) is 18.5 Å². The number of nitrogens with zero attached hydrogens (tertiary/aromatic N) is 1. The first-order valence-electron chi connectivity index (χ1n) is 6.37. The number of rotatable bonds is 3. The maximum Gasteiger partial charge on any atom is 0.123 e. The minimum Gasteiger partial charge on any atom is -0.330 e. The van der Waals surface area contributed by atoms with Gasteiger partial charge in [-0.15, -0.1) is 0 Å². The summed E-state index contributed by atoms with van der Waals surface area (Å²) < 4.78 is 13.4. The largest absolute Gasteiger partial charge is 0.330 e. The van der Waals surface area contributed by atoms with Gasteiger partial charge in [-0.05, 0) is 62.2 Å². The van der Waals surface area contributed by atoms with E-state index in [1.165, 1.54) is 6.07 Å². The normalized spacial score (nSPS) is 25.4. The third kappa shape index (κ3) is 2.35. The summed E-state index contributed by atoms with van der Waals surface area (Å²) in [7, 11) is 0. The first-order valence-corrected chi connectivity index (χ1v) is 6.37. The van der Waals surface area contributed by atoms with Gasteiger partial charge in [0.05, 0.1) is 0 Å². The average Bonchev–Trinajstić information content (AvgIpc) is 2.74. The van der Waals surface area contributed by atoms with E-state index in [-0.39, 0.29) is 5.82 Å². The molecule has 0 saturated carbocycles. The van der Waals surface area contributed by atoms with Crippen LogP contribution in [0.1, 0.15) is 30.5 Å². The second kappa shape index (κ2) is 5.15. The smallest absolute Gasteiger partial charge is 0.123 e. The lowest BCUT2D eigenvalue weighted by molar-refractivity contribution is 0.240. The Hall–Kier alpha value is -0.930. The van der Waals surface area contributed by atoms with Gasteiger partial charge < -0.3 is 5.73 Å². The van der Waals surface area contributed by atoms with Crippen LogP contribution in [-0.2, 0) is 0 Å². The quantitative estimate of drug-likeness (QED) is 0.873. The Bertz CT molecular complexity index is 380. The molecule has 0 radical (unpaired) electrons. The second-order valence-electron chi connectivity index (χ2n) is 4.86. The third-order valence-corrected chi connectivity index (χ3v) is 3.90. The van der Waals surface area contributed by atoms with Crippen molar-refractivity contribution in [1.29, 1.82) is 0 Å². The van der Waals surface area contributed by atoms with Crippen LogP contribution in [-0.4, -0.2) is 24.5 Å². The van der Waals surface area contributed by atoms with Gasteiger partial charge >= 0.3 is 0 Å². The van der Waals surface area contributed by atoms with Crippen molar-refractivity contribution in [2.45, 2.75) is 26.3 Å². The van der Waals surface area contributed by atoms with Gasteiger partial charge in [-0.2, -0.15) is 0 Å². The van der Waals surface area contributed by atoms with E-state index in [2.05, 4.69) is 18.7 Å². The van der Waals surface area contributed by atoms with Crippen molar-refractivity contribution in [3.05, 3.63) is 35.1 Å². The van der Waals surface area contributed by atoms with Crippen LogP contribution in [0.25, 0.3) is 0 Å². The summed E-state index contributed by atoms with van der Waals surface area (Å²) in [6, 6.07) is 5.36. The molecular weight excluding hydrogens is 215 g/mol. The Morgan fingerprint density at radius 1 is 1.47 bits per heavy atom. The Kier molecular flexibility index (Phi) is 3.79. The fraction of sp³-hybridized carbons (Fsp3) is 0.571. The second-order valence-corrected chi connectivity index (χ2v) is 4.86. The number of hydrogen-bond acceptors (Lipinski definition) is 2. The molecule has 0 amide bonds. The van der Waals surface area contributed by atoms with Crippen LogP contribution < -0.4 is 5.73 Å². The van der Waals surface area contributed by atoms with E-state index in [0.717, 1.165) is 30.6 Å². The van der Waals surface area contributed by atoms with Crippen molar-refractivity contribution in [3.63, 3.8) is 0 Å². The third-order valence-electron chi connectivity index (χ3n) is 3.90. The molecule has 2 nitrogen and oxygen atoms in total. The molecule has 3 heteroatoms. The predicted molar refractivity (Wildman–Crippen MR) is 68.3 cm³/mol. The lowest BCUT2D eigenvalue weighted by Crippen LogP contribution is -2.28. The van der Waals surface area contributed by atoms with E-state index in [1.807, 2.05) is 6.07 Å². The number of hydrogen-bond donors (Lipinski definition) is 1. The molecule has 1 saturated heterocycles. The number of aryl methyl sites for hydroxylation is 1. The summed E-state index contributed by atoms with van der Waals surface area (Å²) in [6.45, 7) is 6.95. The molecule has 0 aromatic heterocycles. The summed E-state index contributed by atoms with van der Waals surface area (Å²) in [4.78, 5) is 2.40. The van der Waals surface area contributed by atoms with Crippen LogP contribution in [0.5, 0.6) is 0 Å². The standard InChI is InChI=1S/C14H21FN2/c1-3-17-7-6-11(9-16)14(17)13-8-12(15)5-4-10(13)2/h4-5,8,11,14H,3,6-7,9,16H2,1-2H3. The Balaban J connectivity index is 2.37. The molecule has 0 spiro atoms. The van der Waals surface area contributed by atoms with E-state index < -0.39 is 0 Å². The van der Waals surface area contributed by atoms with Crippen LogP contribution in [0.4, 0.5) is 4.39 Å². The zero-order valence-corrected chi connectivity index (χ0v) is 10.6. The molecule has 1 aliphatic rings. The molecule has 1 fully saturated rings. The summed E-state index contributed by atoms with van der Waals surface area (Å²) in [6.07, 6.45) is 1.12. The number of benzene rings is 1. The summed E-state index contributed by atoms with van der Waals surface area (Å²) in [5, 5.41) is 0. The molecule has 1 aromatic carbocycles. The zero-order chi connectivity index (χ0) is 12.4. The highest BCUT2D eigenvalue weighted by Gasteiger charge is 2.34.